The second kappa shape index (κ2) is 16.7. The van der Waals surface area contributed by atoms with Crippen LogP contribution in [0.25, 0.3) is 0 Å². The number of aliphatic hydroxyl groups is 1. The van der Waals surface area contributed by atoms with Crippen LogP contribution in [0.2, 0.25) is 0 Å². The summed E-state index contributed by atoms with van der Waals surface area (Å²) in [7, 11) is -2.62. The van der Waals surface area contributed by atoms with Crippen molar-refractivity contribution in [2.45, 2.75) is 82.2 Å². The van der Waals surface area contributed by atoms with Gasteiger partial charge in [-0.25, -0.2) is 12.8 Å². The number of alkyl halides is 3. The van der Waals surface area contributed by atoms with Gasteiger partial charge in [0.2, 0.25) is 15.9 Å². The number of anilines is 1. The first-order chi connectivity index (χ1) is 22.0. The number of nitrogens with zero attached hydrogens (tertiary/aromatic N) is 2. The Morgan fingerprint density at radius 2 is 1.83 bits per heavy atom. The summed E-state index contributed by atoms with van der Waals surface area (Å²) in [6.45, 7) is 5.07. The number of benzene rings is 2. The van der Waals surface area contributed by atoms with Crippen LogP contribution in [-0.4, -0.2) is 92.3 Å². The third kappa shape index (κ3) is 11.2. The molecule has 0 aliphatic carbocycles. The lowest BCUT2D eigenvalue weighted by Crippen LogP contribution is -2.48. The van der Waals surface area contributed by atoms with Crippen molar-refractivity contribution in [2.75, 3.05) is 38.7 Å². The SMILES string of the molecule is C[C@H](CO)N1C[C@H](C)[C@@H](CN(C)S(=O)(=O)c2ccc(F)cc2)OCCCC[C@H](C)Oc2ccc(NC(=O)CCC(F)(F)F)cc2C1=O. The molecule has 0 spiro atoms. The number of hydrogen-bond donors (Lipinski definition) is 2. The molecule has 0 saturated heterocycles. The molecule has 0 fully saturated rings. The quantitative estimate of drug-likeness (QED) is 0.346. The highest BCUT2D eigenvalue weighted by molar-refractivity contribution is 7.89. The summed E-state index contributed by atoms with van der Waals surface area (Å²) in [5, 5.41) is 12.5. The number of amides is 2. The van der Waals surface area contributed by atoms with Gasteiger partial charge in [-0.2, -0.15) is 17.5 Å². The van der Waals surface area contributed by atoms with Gasteiger partial charge in [0.15, 0.2) is 0 Å². The lowest BCUT2D eigenvalue weighted by Gasteiger charge is -2.35. The van der Waals surface area contributed by atoms with E-state index < -0.39 is 71.3 Å². The highest BCUT2D eigenvalue weighted by atomic mass is 32.2. The third-order valence-corrected chi connectivity index (χ3v) is 9.77. The van der Waals surface area contributed by atoms with Gasteiger partial charge < -0.3 is 24.8 Å². The molecule has 2 N–H and O–H groups in total. The number of carbonyl (C=O) groups excluding carboxylic acids is 2. The fourth-order valence-electron chi connectivity index (χ4n) is 5.08. The number of ether oxygens (including phenoxy) is 2. The number of hydrogen-bond acceptors (Lipinski definition) is 7. The zero-order chi connectivity index (χ0) is 34.9. The second-order valence-electron chi connectivity index (χ2n) is 11.9. The maximum atomic E-state index is 14.2. The van der Waals surface area contributed by atoms with Crippen LogP contribution < -0.4 is 10.1 Å². The third-order valence-electron chi connectivity index (χ3n) is 7.93. The molecule has 2 amide bonds. The lowest BCUT2D eigenvalue weighted by molar-refractivity contribution is -0.142. The molecule has 262 valence electrons. The Labute approximate surface area is 273 Å². The first-order valence-corrected chi connectivity index (χ1v) is 16.9. The van der Waals surface area contributed by atoms with Crippen molar-refractivity contribution in [1.29, 1.82) is 0 Å². The van der Waals surface area contributed by atoms with E-state index in [2.05, 4.69) is 5.32 Å². The molecule has 4 atom stereocenters. The molecule has 3 rings (SSSR count). The maximum absolute atomic E-state index is 14.2. The number of rotatable bonds is 9. The molecular formula is C32H43F4N3O7S. The largest absolute Gasteiger partial charge is 0.490 e. The number of likely N-dealkylation sites (N-methyl/N-ethyl adjacent to an activating group) is 1. The van der Waals surface area contributed by atoms with Crippen LogP contribution in [0.15, 0.2) is 47.4 Å². The molecule has 47 heavy (non-hydrogen) atoms. The first kappa shape index (κ1) is 38.2. The number of sulfonamides is 1. The van der Waals surface area contributed by atoms with Crippen molar-refractivity contribution in [2.24, 2.45) is 5.92 Å². The van der Waals surface area contributed by atoms with Crippen molar-refractivity contribution in [3.8, 4) is 5.75 Å². The molecule has 0 radical (unpaired) electrons. The van der Waals surface area contributed by atoms with Gasteiger partial charge in [-0.3, -0.25) is 9.59 Å². The van der Waals surface area contributed by atoms with Gasteiger partial charge in [-0.15, -0.1) is 0 Å². The number of halogens is 4. The van der Waals surface area contributed by atoms with Crippen LogP contribution >= 0.6 is 0 Å². The highest BCUT2D eigenvalue weighted by Gasteiger charge is 2.33. The molecule has 1 aliphatic heterocycles. The molecule has 0 bridgehead atoms. The van der Waals surface area contributed by atoms with Gasteiger partial charge >= 0.3 is 6.18 Å². The summed E-state index contributed by atoms with van der Waals surface area (Å²) in [5.41, 5.74) is 0.128. The molecule has 2 aromatic rings. The smallest absolute Gasteiger partial charge is 0.389 e. The van der Waals surface area contributed by atoms with E-state index >= 15 is 0 Å². The summed E-state index contributed by atoms with van der Waals surface area (Å²) in [6, 6.07) is 8.01. The summed E-state index contributed by atoms with van der Waals surface area (Å²) in [6.07, 6.45) is -5.72. The van der Waals surface area contributed by atoms with Crippen LogP contribution in [0.1, 0.15) is 63.2 Å². The Hall–Kier alpha value is -3.27. The van der Waals surface area contributed by atoms with Crippen LogP contribution in [0.3, 0.4) is 0 Å². The molecule has 1 heterocycles. The van der Waals surface area contributed by atoms with Crippen molar-refractivity contribution < 1.29 is 50.1 Å². The first-order valence-electron chi connectivity index (χ1n) is 15.4. The molecule has 0 unspecified atom stereocenters. The molecule has 10 nitrogen and oxygen atoms in total. The minimum atomic E-state index is -4.51. The molecule has 1 aliphatic rings. The van der Waals surface area contributed by atoms with Gasteiger partial charge in [0.1, 0.15) is 11.6 Å². The van der Waals surface area contributed by atoms with E-state index in [0.29, 0.717) is 25.9 Å². The van der Waals surface area contributed by atoms with E-state index in [1.54, 1.807) is 13.8 Å². The fraction of sp³-hybridized carbons (Fsp3) is 0.562. The summed E-state index contributed by atoms with van der Waals surface area (Å²) in [4.78, 5) is 27.7. The van der Waals surface area contributed by atoms with E-state index in [1.807, 2.05) is 6.92 Å². The molecule has 0 aromatic heterocycles. The Balaban J connectivity index is 1.94. The van der Waals surface area contributed by atoms with Gasteiger partial charge in [-0.1, -0.05) is 6.92 Å². The van der Waals surface area contributed by atoms with Gasteiger partial charge in [0, 0.05) is 44.8 Å². The van der Waals surface area contributed by atoms with E-state index in [9.17, 15) is 40.7 Å². The van der Waals surface area contributed by atoms with E-state index in [0.717, 1.165) is 16.4 Å². The minimum absolute atomic E-state index is 0.0207. The second-order valence-corrected chi connectivity index (χ2v) is 14.0. The van der Waals surface area contributed by atoms with E-state index in [1.165, 1.54) is 42.3 Å². The normalized spacial score (nSPS) is 21.0. The van der Waals surface area contributed by atoms with E-state index in [-0.39, 0.29) is 41.1 Å². The summed E-state index contributed by atoms with van der Waals surface area (Å²) < 4.78 is 91.4. The zero-order valence-corrected chi connectivity index (χ0v) is 27.7. The van der Waals surface area contributed by atoms with Gasteiger partial charge in [0.05, 0.1) is 41.7 Å². The average Bonchev–Trinajstić information content (AvgIpc) is 3.01. The zero-order valence-electron chi connectivity index (χ0n) is 26.9. The van der Waals surface area contributed by atoms with Crippen LogP contribution in [0.5, 0.6) is 5.75 Å². The molecule has 15 heteroatoms. The number of carbonyl (C=O) groups is 2. The van der Waals surface area contributed by atoms with Crippen molar-refractivity contribution in [3.63, 3.8) is 0 Å². The topological polar surface area (TPSA) is 125 Å². The number of fused-ring (bicyclic) bond motifs is 1. The van der Waals surface area contributed by atoms with Gasteiger partial charge in [0.25, 0.3) is 5.91 Å². The predicted molar refractivity (Wildman–Crippen MR) is 167 cm³/mol. The Bertz CT molecular complexity index is 1460. The minimum Gasteiger partial charge on any atom is -0.490 e. The highest BCUT2D eigenvalue weighted by Crippen LogP contribution is 2.29. The van der Waals surface area contributed by atoms with Crippen molar-refractivity contribution >= 4 is 27.5 Å². The van der Waals surface area contributed by atoms with Crippen LogP contribution in [0, 0.1) is 11.7 Å². The standard InChI is InChI=1S/C32H43F4N3O7S/c1-21-18-39(22(2)20-40)31(42)27-17-25(37-30(41)14-15-32(34,35)36)10-13-28(27)46-23(3)7-5-6-16-45-29(21)19-38(4)47(43,44)26-11-8-24(33)9-12-26/h8-13,17,21-23,29,40H,5-7,14-16,18-20H2,1-4H3,(H,37,41)/t21-,22+,23-,29+/m0/s1. The van der Waals surface area contributed by atoms with Crippen LogP contribution in [0.4, 0.5) is 23.2 Å². The number of aliphatic hydroxyl groups excluding tert-OH is 1. The van der Waals surface area contributed by atoms with Crippen molar-refractivity contribution in [3.05, 3.63) is 53.8 Å². The lowest BCUT2D eigenvalue weighted by atomic mass is 10.0. The molecule has 0 saturated carbocycles. The average molecular weight is 690 g/mol. The van der Waals surface area contributed by atoms with Crippen molar-refractivity contribution in [1.82, 2.24) is 9.21 Å². The Morgan fingerprint density at radius 1 is 1.15 bits per heavy atom. The Kier molecular flexibility index (Phi) is 13.6. The van der Waals surface area contributed by atoms with Gasteiger partial charge in [-0.05, 0) is 75.6 Å². The van der Waals surface area contributed by atoms with Crippen LogP contribution in [-0.2, 0) is 19.6 Å². The van der Waals surface area contributed by atoms with E-state index in [4.69, 9.17) is 9.47 Å². The summed E-state index contributed by atoms with van der Waals surface area (Å²) >= 11 is 0. The molecular weight excluding hydrogens is 646 g/mol. The Morgan fingerprint density at radius 3 is 2.47 bits per heavy atom. The summed E-state index contributed by atoms with van der Waals surface area (Å²) in [5.74, 6) is -2.28. The fourth-order valence-corrected chi connectivity index (χ4v) is 6.26. The monoisotopic (exact) mass is 689 g/mol. The molecule has 2 aromatic carbocycles. The maximum Gasteiger partial charge on any atom is 0.389 e. The number of nitrogens with one attached hydrogen (secondary N) is 1. The predicted octanol–water partition coefficient (Wildman–Crippen LogP) is 5.22.